The molecule has 4 rings (SSSR count). The van der Waals surface area contributed by atoms with E-state index in [1.807, 2.05) is 0 Å². The van der Waals surface area contributed by atoms with Crippen molar-refractivity contribution in [1.29, 1.82) is 0 Å². The van der Waals surface area contributed by atoms with E-state index in [-0.39, 0.29) is 28.8 Å². The standard InChI is InChI=1S/C21H13F6N3O2/c22-20(23,24)14-3-1-12(2-4-14)10-30-17-6-5-15(21(25,26)27)9-16(17)18(29-30)28-19(31)13-7-8-32-11-13/h1-9,11H,10H2,(H,28,29,31). The molecule has 0 fully saturated rings. The molecule has 0 spiro atoms. The fourth-order valence-electron chi connectivity index (χ4n) is 3.11. The lowest BCUT2D eigenvalue weighted by molar-refractivity contribution is -0.138. The van der Waals surface area contributed by atoms with Crippen molar-refractivity contribution in [2.24, 2.45) is 0 Å². The second-order valence-corrected chi connectivity index (χ2v) is 6.90. The molecule has 0 saturated carbocycles. The second-order valence-electron chi connectivity index (χ2n) is 6.90. The first kappa shape index (κ1) is 21.5. The minimum atomic E-state index is -4.62. The molecule has 0 aliphatic rings. The predicted molar refractivity (Wildman–Crippen MR) is 102 cm³/mol. The lowest BCUT2D eigenvalue weighted by Gasteiger charge is -2.09. The van der Waals surface area contributed by atoms with Gasteiger partial charge in [0.25, 0.3) is 5.91 Å². The molecule has 5 nitrogen and oxygen atoms in total. The number of anilines is 1. The molecule has 2 aromatic carbocycles. The van der Waals surface area contributed by atoms with Gasteiger partial charge < -0.3 is 9.73 Å². The molecule has 0 bridgehead atoms. The Balaban J connectivity index is 1.73. The minimum Gasteiger partial charge on any atom is -0.472 e. The van der Waals surface area contributed by atoms with Crippen LogP contribution >= 0.6 is 0 Å². The van der Waals surface area contributed by atoms with Crippen LogP contribution in [-0.2, 0) is 18.9 Å². The second kappa shape index (κ2) is 7.74. The van der Waals surface area contributed by atoms with E-state index in [0.717, 1.165) is 30.5 Å². The predicted octanol–water partition coefficient (Wildman–Crippen LogP) is 5.97. The van der Waals surface area contributed by atoms with E-state index < -0.39 is 29.4 Å². The van der Waals surface area contributed by atoms with Crippen LogP contribution in [0.1, 0.15) is 27.0 Å². The van der Waals surface area contributed by atoms with Crippen LogP contribution in [0.2, 0.25) is 0 Å². The molecule has 166 valence electrons. The topological polar surface area (TPSA) is 60.1 Å². The molecule has 0 atom stereocenters. The Morgan fingerprint density at radius 2 is 1.59 bits per heavy atom. The van der Waals surface area contributed by atoms with Gasteiger partial charge in [-0.15, -0.1) is 0 Å². The summed E-state index contributed by atoms with van der Waals surface area (Å²) in [7, 11) is 0. The number of nitrogens with one attached hydrogen (secondary N) is 1. The Hall–Kier alpha value is -3.76. The highest BCUT2D eigenvalue weighted by molar-refractivity contribution is 6.07. The fourth-order valence-corrected chi connectivity index (χ4v) is 3.11. The zero-order valence-corrected chi connectivity index (χ0v) is 16.0. The maximum absolute atomic E-state index is 13.2. The molecule has 1 N–H and O–H groups in total. The zero-order valence-electron chi connectivity index (χ0n) is 16.0. The van der Waals surface area contributed by atoms with Crippen molar-refractivity contribution in [2.75, 3.05) is 5.32 Å². The van der Waals surface area contributed by atoms with Crippen molar-refractivity contribution in [1.82, 2.24) is 9.78 Å². The summed E-state index contributed by atoms with van der Waals surface area (Å²) in [6.45, 7) is -0.0262. The average Bonchev–Trinajstić information content (AvgIpc) is 3.36. The summed E-state index contributed by atoms with van der Waals surface area (Å²) < 4.78 is 84.1. The van der Waals surface area contributed by atoms with Gasteiger partial charge >= 0.3 is 12.4 Å². The molecular formula is C21H13F6N3O2. The lowest BCUT2D eigenvalue weighted by atomic mass is 10.1. The summed E-state index contributed by atoms with van der Waals surface area (Å²) in [5.74, 6) is -0.763. The van der Waals surface area contributed by atoms with E-state index in [1.165, 1.54) is 35.2 Å². The number of carbonyl (C=O) groups excluding carboxylic acids is 1. The zero-order chi connectivity index (χ0) is 23.1. The highest BCUT2D eigenvalue weighted by Gasteiger charge is 2.32. The van der Waals surface area contributed by atoms with E-state index in [9.17, 15) is 31.1 Å². The number of nitrogens with zero attached hydrogens (tertiary/aromatic N) is 2. The molecule has 11 heteroatoms. The van der Waals surface area contributed by atoms with E-state index in [1.54, 1.807) is 0 Å². The van der Waals surface area contributed by atoms with Gasteiger partial charge in [-0.25, -0.2) is 0 Å². The number of amides is 1. The van der Waals surface area contributed by atoms with E-state index in [0.29, 0.717) is 5.56 Å². The lowest BCUT2D eigenvalue weighted by Crippen LogP contribution is -2.12. The molecule has 0 saturated heterocycles. The van der Waals surface area contributed by atoms with Gasteiger partial charge in [0, 0.05) is 5.39 Å². The third-order valence-corrected chi connectivity index (χ3v) is 4.71. The molecule has 2 aromatic heterocycles. The number of hydrogen-bond acceptors (Lipinski definition) is 3. The van der Waals surface area contributed by atoms with Crippen LogP contribution in [0.25, 0.3) is 10.9 Å². The SMILES string of the molecule is O=C(Nc1nn(Cc2ccc(C(F)(F)F)cc2)c2ccc(C(F)(F)F)cc12)c1ccoc1. The first-order valence-electron chi connectivity index (χ1n) is 9.10. The third kappa shape index (κ3) is 4.32. The van der Waals surface area contributed by atoms with E-state index >= 15 is 0 Å². The number of fused-ring (bicyclic) bond motifs is 1. The molecule has 0 aliphatic carbocycles. The maximum Gasteiger partial charge on any atom is 0.416 e. The Kier molecular flexibility index (Phi) is 5.19. The Labute approximate surface area is 176 Å². The van der Waals surface area contributed by atoms with Crippen LogP contribution in [0.3, 0.4) is 0 Å². The molecule has 1 amide bonds. The highest BCUT2D eigenvalue weighted by Crippen LogP contribution is 2.34. The smallest absolute Gasteiger partial charge is 0.416 e. The average molecular weight is 453 g/mol. The summed E-state index contributed by atoms with van der Waals surface area (Å²) in [4.78, 5) is 12.4. The monoisotopic (exact) mass is 453 g/mol. The summed E-state index contributed by atoms with van der Waals surface area (Å²) in [5.41, 5.74) is -0.912. The molecular weight excluding hydrogens is 440 g/mol. The van der Waals surface area contributed by atoms with Gasteiger partial charge in [0.2, 0.25) is 0 Å². The molecule has 32 heavy (non-hydrogen) atoms. The molecule has 0 radical (unpaired) electrons. The minimum absolute atomic E-state index is 0.0262. The molecule has 0 unspecified atom stereocenters. The van der Waals surface area contributed by atoms with Crippen LogP contribution in [0.5, 0.6) is 0 Å². The normalized spacial score (nSPS) is 12.3. The summed E-state index contributed by atoms with van der Waals surface area (Å²) in [6.07, 6.45) is -6.68. The number of carbonyl (C=O) groups is 1. The van der Waals surface area contributed by atoms with Gasteiger partial charge in [-0.3, -0.25) is 9.48 Å². The van der Waals surface area contributed by atoms with Crippen molar-refractivity contribution < 1.29 is 35.6 Å². The van der Waals surface area contributed by atoms with Crippen LogP contribution in [0, 0.1) is 0 Å². The van der Waals surface area contributed by atoms with Gasteiger partial charge in [0.1, 0.15) is 6.26 Å². The van der Waals surface area contributed by atoms with Gasteiger partial charge in [-0.1, -0.05) is 12.1 Å². The third-order valence-electron chi connectivity index (χ3n) is 4.71. The van der Waals surface area contributed by atoms with E-state index in [2.05, 4.69) is 10.4 Å². The van der Waals surface area contributed by atoms with Crippen molar-refractivity contribution >= 4 is 22.6 Å². The van der Waals surface area contributed by atoms with Gasteiger partial charge in [0.15, 0.2) is 5.82 Å². The highest BCUT2D eigenvalue weighted by atomic mass is 19.4. The number of aromatic nitrogens is 2. The molecule has 2 heterocycles. The van der Waals surface area contributed by atoms with Crippen molar-refractivity contribution in [3.05, 3.63) is 83.3 Å². The number of halogens is 6. The van der Waals surface area contributed by atoms with Gasteiger partial charge in [-0.05, 0) is 42.0 Å². The van der Waals surface area contributed by atoms with Crippen molar-refractivity contribution in [3.63, 3.8) is 0 Å². The number of benzene rings is 2. The number of rotatable bonds is 4. The number of hydrogen-bond donors (Lipinski definition) is 1. The summed E-state index contributed by atoms with van der Waals surface area (Å²) in [6, 6.07) is 8.62. The first-order valence-corrected chi connectivity index (χ1v) is 9.10. The number of furan rings is 1. The van der Waals surface area contributed by atoms with Gasteiger partial charge in [0.05, 0.1) is 35.0 Å². The fraction of sp³-hybridized carbons (Fsp3) is 0.143. The maximum atomic E-state index is 13.2. The van der Waals surface area contributed by atoms with Crippen LogP contribution in [-0.4, -0.2) is 15.7 Å². The Bertz CT molecular complexity index is 1260. The largest absolute Gasteiger partial charge is 0.472 e. The van der Waals surface area contributed by atoms with Crippen molar-refractivity contribution in [3.8, 4) is 0 Å². The Morgan fingerprint density at radius 1 is 0.938 bits per heavy atom. The van der Waals surface area contributed by atoms with E-state index in [4.69, 9.17) is 4.42 Å². The van der Waals surface area contributed by atoms with Crippen LogP contribution in [0.15, 0.2) is 65.5 Å². The quantitative estimate of drug-likeness (QED) is 0.388. The summed E-state index contributed by atoms with van der Waals surface area (Å²) >= 11 is 0. The Morgan fingerprint density at radius 3 is 2.19 bits per heavy atom. The van der Waals surface area contributed by atoms with Crippen molar-refractivity contribution in [2.45, 2.75) is 18.9 Å². The molecule has 0 aliphatic heterocycles. The van der Waals surface area contributed by atoms with Crippen LogP contribution < -0.4 is 5.32 Å². The molecule has 4 aromatic rings. The van der Waals surface area contributed by atoms with Crippen LogP contribution in [0.4, 0.5) is 32.2 Å². The van der Waals surface area contributed by atoms with Gasteiger partial charge in [-0.2, -0.15) is 31.4 Å². The summed E-state index contributed by atoms with van der Waals surface area (Å²) in [5, 5.41) is 6.68. The first-order chi connectivity index (χ1) is 15.0. The number of alkyl halides is 6.